The number of methoxy groups -OCH3 is 1. The Balaban J connectivity index is 1.68. The SMILES string of the molecule is CCN1CCC[C@H]1[C@@H]1CCCN1C(=O)Cc1cccc(OC)c1. The van der Waals surface area contributed by atoms with E-state index in [1.165, 1.54) is 19.4 Å². The molecule has 0 aromatic heterocycles. The highest BCUT2D eigenvalue weighted by atomic mass is 16.5. The fourth-order valence-electron chi connectivity index (χ4n) is 4.24. The predicted molar refractivity (Wildman–Crippen MR) is 91.7 cm³/mol. The summed E-state index contributed by atoms with van der Waals surface area (Å²) in [4.78, 5) is 17.6. The molecule has 0 aliphatic carbocycles. The van der Waals surface area contributed by atoms with E-state index in [-0.39, 0.29) is 5.91 Å². The molecule has 4 nitrogen and oxygen atoms in total. The summed E-state index contributed by atoms with van der Waals surface area (Å²) >= 11 is 0. The summed E-state index contributed by atoms with van der Waals surface area (Å²) in [5.41, 5.74) is 1.04. The number of carbonyl (C=O) groups excluding carboxylic acids is 1. The monoisotopic (exact) mass is 316 g/mol. The van der Waals surface area contributed by atoms with Gasteiger partial charge in [0, 0.05) is 18.6 Å². The lowest BCUT2D eigenvalue weighted by atomic mass is 10.0. The van der Waals surface area contributed by atoms with Crippen LogP contribution in [0, 0.1) is 0 Å². The first kappa shape index (κ1) is 16.3. The Morgan fingerprint density at radius 1 is 1.22 bits per heavy atom. The normalized spacial score (nSPS) is 25.0. The third-order valence-electron chi connectivity index (χ3n) is 5.37. The average Bonchev–Trinajstić information content (AvgIpc) is 3.23. The lowest BCUT2D eigenvalue weighted by Gasteiger charge is -2.34. The maximum atomic E-state index is 12.8. The van der Waals surface area contributed by atoms with Crippen LogP contribution in [0.1, 0.15) is 38.2 Å². The van der Waals surface area contributed by atoms with E-state index in [4.69, 9.17) is 4.74 Å². The Kier molecular flexibility index (Phi) is 5.21. The van der Waals surface area contributed by atoms with Gasteiger partial charge in [-0.15, -0.1) is 0 Å². The topological polar surface area (TPSA) is 32.8 Å². The highest BCUT2D eigenvalue weighted by Gasteiger charge is 2.38. The van der Waals surface area contributed by atoms with E-state index in [1.807, 2.05) is 24.3 Å². The van der Waals surface area contributed by atoms with Crippen LogP contribution in [0.25, 0.3) is 0 Å². The number of hydrogen-bond donors (Lipinski definition) is 0. The van der Waals surface area contributed by atoms with Gasteiger partial charge in [0.2, 0.25) is 5.91 Å². The van der Waals surface area contributed by atoms with Crippen molar-refractivity contribution in [1.29, 1.82) is 0 Å². The van der Waals surface area contributed by atoms with Gasteiger partial charge >= 0.3 is 0 Å². The minimum Gasteiger partial charge on any atom is -0.497 e. The molecule has 0 bridgehead atoms. The number of nitrogens with zero attached hydrogens (tertiary/aromatic N) is 2. The first-order valence-electron chi connectivity index (χ1n) is 8.89. The maximum absolute atomic E-state index is 12.8. The number of ether oxygens (including phenoxy) is 1. The number of benzene rings is 1. The van der Waals surface area contributed by atoms with Gasteiger partial charge in [0.25, 0.3) is 0 Å². The van der Waals surface area contributed by atoms with Crippen LogP contribution in [0.2, 0.25) is 0 Å². The van der Waals surface area contributed by atoms with E-state index in [1.54, 1.807) is 7.11 Å². The molecule has 2 aliphatic heterocycles. The molecule has 0 N–H and O–H groups in total. The van der Waals surface area contributed by atoms with Crippen molar-refractivity contribution in [2.75, 3.05) is 26.7 Å². The van der Waals surface area contributed by atoms with Crippen LogP contribution in [-0.4, -0.2) is 54.5 Å². The molecule has 126 valence electrons. The van der Waals surface area contributed by atoms with Crippen LogP contribution < -0.4 is 4.74 Å². The van der Waals surface area contributed by atoms with Crippen LogP contribution >= 0.6 is 0 Å². The molecule has 3 rings (SSSR count). The molecule has 4 heteroatoms. The van der Waals surface area contributed by atoms with E-state index in [2.05, 4.69) is 16.7 Å². The number of likely N-dealkylation sites (tertiary alicyclic amines) is 2. The van der Waals surface area contributed by atoms with Crippen LogP contribution in [0.5, 0.6) is 5.75 Å². The van der Waals surface area contributed by atoms with Crippen molar-refractivity contribution < 1.29 is 9.53 Å². The minimum absolute atomic E-state index is 0.267. The van der Waals surface area contributed by atoms with Crippen LogP contribution in [0.15, 0.2) is 24.3 Å². The zero-order valence-corrected chi connectivity index (χ0v) is 14.3. The quantitative estimate of drug-likeness (QED) is 0.837. The fourth-order valence-corrected chi connectivity index (χ4v) is 4.24. The maximum Gasteiger partial charge on any atom is 0.227 e. The number of amides is 1. The van der Waals surface area contributed by atoms with Gasteiger partial charge < -0.3 is 9.64 Å². The van der Waals surface area contributed by atoms with Gasteiger partial charge in [0.1, 0.15) is 5.75 Å². The Labute approximate surface area is 139 Å². The van der Waals surface area contributed by atoms with Crippen molar-refractivity contribution in [1.82, 2.24) is 9.80 Å². The molecular formula is C19H28N2O2. The second-order valence-corrected chi connectivity index (χ2v) is 6.66. The van der Waals surface area contributed by atoms with Gasteiger partial charge in [-0.05, 0) is 56.5 Å². The zero-order chi connectivity index (χ0) is 16.2. The van der Waals surface area contributed by atoms with Crippen molar-refractivity contribution in [3.8, 4) is 5.75 Å². The van der Waals surface area contributed by atoms with E-state index >= 15 is 0 Å². The molecule has 0 unspecified atom stereocenters. The molecular weight excluding hydrogens is 288 g/mol. The van der Waals surface area contributed by atoms with Gasteiger partial charge in [-0.2, -0.15) is 0 Å². The third kappa shape index (κ3) is 3.52. The van der Waals surface area contributed by atoms with E-state index in [9.17, 15) is 4.79 Å². The van der Waals surface area contributed by atoms with E-state index in [0.717, 1.165) is 37.2 Å². The molecule has 0 saturated carbocycles. The summed E-state index contributed by atoms with van der Waals surface area (Å²) in [5, 5.41) is 0. The molecule has 1 aromatic rings. The number of hydrogen-bond acceptors (Lipinski definition) is 3. The van der Waals surface area contributed by atoms with Gasteiger partial charge in [-0.25, -0.2) is 0 Å². The van der Waals surface area contributed by atoms with Gasteiger partial charge in [-0.3, -0.25) is 9.69 Å². The largest absolute Gasteiger partial charge is 0.497 e. The third-order valence-corrected chi connectivity index (χ3v) is 5.37. The van der Waals surface area contributed by atoms with E-state index < -0.39 is 0 Å². The van der Waals surface area contributed by atoms with Crippen molar-refractivity contribution in [3.05, 3.63) is 29.8 Å². The number of carbonyl (C=O) groups is 1. The average molecular weight is 316 g/mol. The molecule has 2 aliphatic rings. The summed E-state index contributed by atoms with van der Waals surface area (Å²) in [7, 11) is 1.66. The highest BCUT2D eigenvalue weighted by molar-refractivity contribution is 5.79. The smallest absolute Gasteiger partial charge is 0.227 e. The second kappa shape index (κ2) is 7.35. The van der Waals surface area contributed by atoms with Gasteiger partial charge in [0.05, 0.1) is 13.5 Å². The van der Waals surface area contributed by atoms with Crippen molar-refractivity contribution in [2.45, 2.75) is 51.1 Å². The van der Waals surface area contributed by atoms with Crippen molar-refractivity contribution >= 4 is 5.91 Å². The Bertz CT molecular complexity index is 546. The summed E-state index contributed by atoms with van der Waals surface area (Å²) < 4.78 is 5.26. The van der Waals surface area contributed by atoms with Crippen molar-refractivity contribution in [3.63, 3.8) is 0 Å². The molecule has 1 aromatic carbocycles. The fraction of sp³-hybridized carbons (Fsp3) is 0.632. The molecule has 2 atom stereocenters. The van der Waals surface area contributed by atoms with Crippen LogP contribution in [-0.2, 0) is 11.2 Å². The molecule has 2 saturated heterocycles. The Hall–Kier alpha value is -1.55. The van der Waals surface area contributed by atoms with Gasteiger partial charge in [-0.1, -0.05) is 19.1 Å². The lowest BCUT2D eigenvalue weighted by Crippen LogP contribution is -2.48. The molecule has 2 fully saturated rings. The molecule has 1 amide bonds. The number of rotatable bonds is 5. The Morgan fingerprint density at radius 2 is 2.00 bits per heavy atom. The molecule has 23 heavy (non-hydrogen) atoms. The van der Waals surface area contributed by atoms with Crippen molar-refractivity contribution in [2.24, 2.45) is 0 Å². The van der Waals surface area contributed by atoms with Crippen LogP contribution in [0.4, 0.5) is 0 Å². The standard InChI is InChI=1S/C19H28N2O2/c1-3-20-11-5-9-17(20)18-10-6-12-21(18)19(22)14-15-7-4-8-16(13-15)23-2/h4,7-8,13,17-18H,3,5-6,9-12,14H2,1-2H3/t17-,18-/m0/s1. The highest BCUT2D eigenvalue weighted by Crippen LogP contribution is 2.30. The number of likely N-dealkylation sites (N-methyl/N-ethyl adjacent to an activating group) is 1. The lowest BCUT2D eigenvalue weighted by molar-refractivity contribution is -0.132. The van der Waals surface area contributed by atoms with Gasteiger partial charge in [0.15, 0.2) is 0 Å². The molecule has 0 radical (unpaired) electrons. The Morgan fingerprint density at radius 3 is 2.78 bits per heavy atom. The minimum atomic E-state index is 0.267. The molecule has 0 spiro atoms. The summed E-state index contributed by atoms with van der Waals surface area (Å²) in [6.45, 7) is 5.44. The summed E-state index contributed by atoms with van der Waals surface area (Å²) in [6.07, 6.45) is 5.29. The first-order chi connectivity index (χ1) is 11.2. The second-order valence-electron chi connectivity index (χ2n) is 6.66. The van der Waals surface area contributed by atoms with E-state index in [0.29, 0.717) is 18.5 Å². The first-order valence-corrected chi connectivity index (χ1v) is 8.89. The zero-order valence-electron chi connectivity index (χ0n) is 14.3. The summed E-state index contributed by atoms with van der Waals surface area (Å²) in [5.74, 6) is 1.09. The predicted octanol–water partition coefficient (Wildman–Crippen LogP) is 2.71. The molecule has 2 heterocycles. The summed E-state index contributed by atoms with van der Waals surface area (Å²) in [6, 6.07) is 8.84. The van der Waals surface area contributed by atoms with Crippen LogP contribution in [0.3, 0.4) is 0 Å².